The minimum absolute atomic E-state index is 0.0369. The Bertz CT molecular complexity index is 909. The zero-order chi connectivity index (χ0) is 23.6. The molecule has 2 rings (SSSR count). The summed E-state index contributed by atoms with van der Waals surface area (Å²) in [6.45, 7) is 4.86. The summed E-state index contributed by atoms with van der Waals surface area (Å²) in [4.78, 5) is 37.5. The van der Waals surface area contributed by atoms with E-state index in [9.17, 15) is 14.4 Å². The Hall–Kier alpha value is -3.55. The van der Waals surface area contributed by atoms with Crippen molar-refractivity contribution >= 4 is 17.8 Å². The van der Waals surface area contributed by atoms with Gasteiger partial charge in [-0.1, -0.05) is 36.4 Å². The first-order valence-electron chi connectivity index (χ1n) is 10.3. The highest BCUT2D eigenvalue weighted by molar-refractivity contribution is 6.08. The maximum atomic E-state index is 12.8. The standard InChI is InChI=1S/C24H29NO7/c1-5-30-22(27)24(25-17(3)26,23(28)31-6-2)15-19-12-13-20(21(14-19)29-4)32-16-18-10-8-7-9-11-18/h7-14H,5-6,15-16H2,1-4H3,(H,25,26). The van der Waals surface area contributed by atoms with Gasteiger partial charge in [-0.3, -0.25) is 4.79 Å². The molecule has 8 heteroatoms. The Morgan fingerprint density at radius 2 is 1.50 bits per heavy atom. The molecule has 0 spiro atoms. The molecule has 2 aromatic carbocycles. The predicted molar refractivity (Wildman–Crippen MR) is 117 cm³/mol. The van der Waals surface area contributed by atoms with Crippen LogP contribution < -0.4 is 14.8 Å². The van der Waals surface area contributed by atoms with Crippen molar-refractivity contribution in [3.63, 3.8) is 0 Å². The second kappa shape index (κ2) is 11.7. The average molecular weight is 443 g/mol. The molecule has 32 heavy (non-hydrogen) atoms. The Balaban J connectivity index is 2.35. The Kier molecular flexibility index (Phi) is 9.07. The van der Waals surface area contributed by atoms with Crippen molar-refractivity contribution in [2.24, 2.45) is 0 Å². The molecule has 0 aliphatic carbocycles. The normalized spacial score (nSPS) is 10.8. The number of amides is 1. The average Bonchev–Trinajstić information content (AvgIpc) is 2.78. The molecule has 0 atom stereocenters. The number of nitrogens with one attached hydrogen (secondary N) is 1. The number of hydrogen-bond acceptors (Lipinski definition) is 7. The van der Waals surface area contributed by atoms with Crippen molar-refractivity contribution in [2.75, 3.05) is 20.3 Å². The van der Waals surface area contributed by atoms with Crippen molar-refractivity contribution in [2.45, 2.75) is 39.3 Å². The molecule has 2 aromatic rings. The van der Waals surface area contributed by atoms with Crippen LogP contribution in [-0.4, -0.2) is 43.7 Å². The molecule has 0 unspecified atom stereocenters. The molecule has 0 bridgehead atoms. The van der Waals surface area contributed by atoms with E-state index in [1.807, 2.05) is 30.3 Å². The van der Waals surface area contributed by atoms with E-state index in [4.69, 9.17) is 18.9 Å². The van der Waals surface area contributed by atoms with E-state index in [0.29, 0.717) is 23.7 Å². The van der Waals surface area contributed by atoms with Crippen LogP contribution in [0.4, 0.5) is 0 Å². The molecule has 0 fully saturated rings. The molecule has 1 N–H and O–H groups in total. The Morgan fingerprint density at radius 3 is 2.03 bits per heavy atom. The van der Waals surface area contributed by atoms with E-state index >= 15 is 0 Å². The highest BCUT2D eigenvalue weighted by Gasteiger charge is 2.50. The molecule has 172 valence electrons. The van der Waals surface area contributed by atoms with Gasteiger partial charge in [0.1, 0.15) is 6.61 Å². The van der Waals surface area contributed by atoms with Gasteiger partial charge in [0.2, 0.25) is 11.4 Å². The highest BCUT2D eigenvalue weighted by atomic mass is 16.6. The minimum Gasteiger partial charge on any atom is -0.493 e. The number of benzene rings is 2. The summed E-state index contributed by atoms with van der Waals surface area (Å²) in [5.74, 6) is -1.43. The van der Waals surface area contributed by atoms with Gasteiger partial charge in [-0.15, -0.1) is 0 Å². The maximum absolute atomic E-state index is 12.8. The molecule has 0 aliphatic heterocycles. The lowest BCUT2D eigenvalue weighted by molar-refractivity contribution is -0.168. The Morgan fingerprint density at radius 1 is 0.875 bits per heavy atom. The first kappa shape index (κ1) is 24.7. The minimum atomic E-state index is -2.02. The molecule has 0 saturated heterocycles. The van der Waals surface area contributed by atoms with Gasteiger partial charge in [0.15, 0.2) is 11.5 Å². The van der Waals surface area contributed by atoms with Gasteiger partial charge in [0, 0.05) is 13.3 Å². The zero-order valence-corrected chi connectivity index (χ0v) is 18.8. The summed E-state index contributed by atoms with van der Waals surface area (Å²) in [6, 6.07) is 14.7. The van der Waals surface area contributed by atoms with Crippen LogP contribution in [0.5, 0.6) is 11.5 Å². The fraction of sp³-hybridized carbons (Fsp3) is 0.375. The van der Waals surface area contributed by atoms with E-state index in [-0.39, 0.29) is 19.6 Å². The van der Waals surface area contributed by atoms with Crippen LogP contribution in [0.1, 0.15) is 31.9 Å². The number of hydrogen-bond donors (Lipinski definition) is 1. The van der Waals surface area contributed by atoms with Crippen LogP contribution in [0, 0.1) is 0 Å². The second-order valence-corrected chi connectivity index (χ2v) is 6.96. The van der Waals surface area contributed by atoms with Crippen molar-refractivity contribution in [3.05, 3.63) is 59.7 Å². The van der Waals surface area contributed by atoms with Crippen molar-refractivity contribution < 1.29 is 33.3 Å². The van der Waals surface area contributed by atoms with Gasteiger partial charge < -0.3 is 24.3 Å². The summed E-state index contributed by atoms with van der Waals surface area (Å²) in [6.07, 6.45) is -0.181. The number of methoxy groups -OCH3 is 1. The lowest BCUT2D eigenvalue weighted by Gasteiger charge is -2.30. The molecular formula is C24H29NO7. The first-order valence-corrected chi connectivity index (χ1v) is 10.3. The molecule has 0 heterocycles. The van der Waals surface area contributed by atoms with E-state index in [0.717, 1.165) is 5.56 Å². The summed E-state index contributed by atoms with van der Waals surface area (Å²) in [5.41, 5.74) is -0.480. The first-order chi connectivity index (χ1) is 15.4. The van der Waals surface area contributed by atoms with Crippen molar-refractivity contribution in [1.82, 2.24) is 5.32 Å². The van der Waals surface area contributed by atoms with Crippen molar-refractivity contribution in [1.29, 1.82) is 0 Å². The molecule has 1 amide bonds. The largest absolute Gasteiger partial charge is 0.493 e. The van der Waals surface area contributed by atoms with Crippen LogP contribution in [0.15, 0.2) is 48.5 Å². The van der Waals surface area contributed by atoms with Crippen LogP contribution in [0.25, 0.3) is 0 Å². The fourth-order valence-corrected chi connectivity index (χ4v) is 3.17. The number of carbonyl (C=O) groups is 3. The van der Waals surface area contributed by atoms with Crippen LogP contribution in [-0.2, 0) is 36.9 Å². The van der Waals surface area contributed by atoms with Crippen LogP contribution in [0.2, 0.25) is 0 Å². The monoisotopic (exact) mass is 443 g/mol. The Labute approximate surface area is 187 Å². The predicted octanol–water partition coefficient (Wildman–Crippen LogP) is 2.82. The van der Waals surface area contributed by atoms with Gasteiger partial charge in [-0.05, 0) is 37.1 Å². The molecular weight excluding hydrogens is 414 g/mol. The summed E-state index contributed by atoms with van der Waals surface area (Å²) in [5, 5.41) is 2.45. The highest BCUT2D eigenvalue weighted by Crippen LogP contribution is 2.31. The second-order valence-electron chi connectivity index (χ2n) is 6.96. The molecule has 0 radical (unpaired) electrons. The summed E-state index contributed by atoms with van der Waals surface area (Å²) in [7, 11) is 1.49. The molecule has 0 aromatic heterocycles. The molecule has 0 aliphatic rings. The quantitative estimate of drug-likeness (QED) is 0.421. The maximum Gasteiger partial charge on any atom is 0.344 e. The van der Waals surface area contributed by atoms with Gasteiger partial charge >= 0.3 is 11.9 Å². The number of rotatable bonds is 11. The van der Waals surface area contributed by atoms with E-state index in [2.05, 4.69) is 5.32 Å². The fourth-order valence-electron chi connectivity index (χ4n) is 3.17. The van der Waals surface area contributed by atoms with Crippen LogP contribution in [0.3, 0.4) is 0 Å². The third kappa shape index (κ3) is 6.23. The zero-order valence-electron chi connectivity index (χ0n) is 18.8. The van der Waals surface area contributed by atoms with E-state index in [1.54, 1.807) is 32.0 Å². The summed E-state index contributed by atoms with van der Waals surface area (Å²) < 4.78 is 21.5. The lowest BCUT2D eigenvalue weighted by atomic mass is 9.90. The van der Waals surface area contributed by atoms with E-state index in [1.165, 1.54) is 14.0 Å². The topological polar surface area (TPSA) is 100 Å². The number of ether oxygens (including phenoxy) is 4. The third-order valence-corrected chi connectivity index (χ3v) is 4.57. The van der Waals surface area contributed by atoms with Gasteiger partial charge in [0.25, 0.3) is 0 Å². The van der Waals surface area contributed by atoms with Gasteiger partial charge in [-0.25, -0.2) is 9.59 Å². The van der Waals surface area contributed by atoms with E-state index < -0.39 is 23.4 Å². The third-order valence-electron chi connectivity index (χ3n) is 4.57. The number of carbonyl (C=O) groups excluding carboxylic acids is 3. The number of esters is 2. The van der Waals surface area contributed by atoms with Crippen LogP contribution >= 0.6 is 0 Å². The smallest absolute Gasteiger partial charge is 0.344 e. The van der Waals surface area contributed by atoms with Crippen molar-refractivity contribution in [3.8, 4) is 11.5 Å². The molecule has 8 nitrogen and oxygen atoms in total. The summed E-state index contributed by atoms with van der Waals surface area (Å²) >= 11 is 0. The van der Waals surface area contributed by atoms with Gasteiger partial charge in [-0.2, -0.15) is 0 Å². The van der Waals surface area contributed by atoms with Gasteiger partial charge in [0.05, 0.1) is 20.3 Å². The lowest BCUT2D eigenvalue weighted by Crippen LogP contribution is -2.62. The SMILES string of the molecule is CCOC(=O)C(Cc1ccc(OCc2ccccc2)c(OC)c1)(NC(C)=O)C(=O)OCC. The molecule has 0 saturated carbocycles.